The summed E-state index contributed by atoms with van der Waals surface area (Å²) in [5, 5.41) is 1.60. The third kappa shape index (κ3) is 4.11. The van der Waals surface area contributed by atoms with Gasteiger partial charge in [0.1, 0.15) is 27.1 Å². The highest BCUT2D eigenvalue weighted by Gasteiger charge is 2.21. The monoisotopic (exact) mass is 435 g/mol. The van der Waals surface area contributed by atoms with Crippen LogP contribution < -0.4 is 17.0 Å². The normalized spacial score (nSPS) is 11.3. The Balaban J connectivity index is 1.94. The molecule has 0 fully saturated rings. The van der Waals surface area contributed by atoms with Gasteiger partial charge in [0, 0.05) is 17.4 Å². The summed E-state index contributed by atoms with van der Waals surface area (Å²) in [5.41, 5.74) is 5.35. The molecule has 0 aliphatic carbocycles. The Morgan fingerprint density at radius 3 is 2.69 bits per heavy atom. The molecule has 9 nitrogen and oxygen atoms in total. The zero-order valence-corrected chi connectivity index (χ0v) is 18.1. The number of carbonyl (C=O) groups is 1. The summed E-state index contributed by atoms with van der Waals surface area (Å²) < 4.78 is 6.07. The molecule has 0 radical (unpaired) electrons. The minimum absolute atomic E-state index is 0.0460. The number of Topliss-reactive ketones (excluding diaryl/α,β-unsaturated/α-hetero) is 1. The lowest BCUT2D eigenvalue weighted by atomic mass is 10.2. The van der Waals surface area contributed by atoms with Crippen molar-refractivity contribution in [2.75, 3.05) is 25.2 Å². The highest BCUT2D eigenvalue weighted by atomic mass is 32.2. The fourth-order valence-corrected chi connectivity index (χ4v) is 5.03. The van der Waals surface area contributed by atoms with E-state index in [1.54, 1.807) is 18.3 Å². The van der Waals surface area contributed by atoms with Crippen molar-refractivity contribution in [1.82, 2.24) is 19.5 Å². The number of ether oxygens (including phenoxy) is 1. The van der Waals surface area contributed by atoms with Gasteiger partial charge in [-0.25, -0.2) is 14.8 Å². The van der Waals surface area contributed by atoms with E-state index in [-0.39, 0.29) is 30.3 Å². The molecule has 3 aromatic rings. The predicted octanol–water partition coefficient (Wildman–Crippen LogP) is 1.67. The van der Waals surface area contributed by atoms with Crippen LogP contribution >= 0.6 is 23.1 Å². The number of fused-ring (bicyclic) bond motifs is 1. The van der Waals surface area contributed by atoms with Crippen molar-refractivity contribution in [1.29, 1.82) is 0 Å². The number of thiophene rings is 1. The summed E-state index contributed by atoms with van der Waals surface area (Å²) in [6, 6.07) is 0. The lowest BCUT2D eigenvalue weighted by molar-refractivity contribution is 0.102. The second-order valence-corrected chi connectivity index (χ2v) is 8.58. The first-order valence-corrected chi connectivity index (χ1v) is 10.6. The molecule has 0 saturated heterocycles. The number of nitrogens with one attached hydrogen (secondary N) is 1. The molecule has 0 spiro atoms. The number of hydrogen-bond acceptors (Lipinski definition) is 9. The largest absolute Gasteiger partial charge is 0.384 e. The average molecular weight is 436 g/mol. The fourth-order valence-electron chi connectivity index (χ4n) is 2.89. The van der Waals surface area contributed by atoms with E-state index < -0.39 is 17.0 Å². The van der Waals surface area contributed by atoms with Crippen LogP contribution in [0.5, 0.6) is 0 Å². The second-order valence-electron chi connectivity index (χ2n) is 6.42. The van der Waals surface area contributed by atoms with Crippen LogP contribution in [0.25, 0.3) is 10.2 Å². The van der Waals surface area contributed by atoms with Crippen LogP contribution in [0, 0.1) is 20.8 Å². The van der Waals surface area contributed by atoms with Gasteiger partial charge < -0.3 is 10.5 Å². The quantitative estimate of drug-likeness (QED) is 0.325. The Bertz CT molecular complexity index is 1210. The van der Waals surface area contributed by atoms with E-state index in [4.69, 9.17) is 10.5 Å². The van der Waals surface area contributed by atoms with Gasteiger partial charge in [0.25, 0.3) is 5.56 Å². The Kier molecular flexibility index (Phi) is 6.20. The van der Waals surface area contributed by atoms with E-state index in [0.29, 0.717) is 10.9 Å². The third-order valence-electron chi connectivity index (χ3n) is 4.48. The van der Waals surface area contributed by atoms with Gasteiger partial charge in [-0.2, -0.15) is 0 Å². The molecule has 3 aromatic heterocycles. The van der Waals surface area contributed by atoms with Gasteiger partial charge in [-0.3, -0.25) is 19.1 Å². The highest BCUT2D eigenvalue weighted by molar-refractivity contribution is 8.00. The van der Waals surface area contributed by atoms with E-state index in [9.17, 15) is 14.4 Å². The number of hydrogen-bond donors (Lipinski definition) is 2. The van der Waals surface area contributed by atoms with E-state index in [2.05, 4.69) is 15.0 Å². The van der Waals surface area contributed by atoms with Crippen LogP contribution in [-0.4, -0.2) is 44.8 Å². The minimum atomic E-state index is -0.793. The minimum Gasteiger partial charge on any atom is -0.384 e. The number of ketones is 1. The number of H-pyrrole nitrogens is 1. The molecule has 0 bridgehead atoms. The molecule has 0 unspecified atom stereocenters. The van der Waals surface area contributed by atoms with Crippen LogP contribution in [0.3, 0.4) is 0 Å². The molecular formula is C18H21N5O4S2. The molecule has 3 heterocycles. The summed E-state index contributed by atoms with van der Waals surface area (Å²) in [5.74, 6) is -0.0728. The maximum Gasteiger partial charge on any atom is 0.330 e. The van der Waals surface area contributed by atoms with Crippen LogP contribution in [0.1, 0.15) is 26.6 Å². The van der Waals surface area contributed by atoms with E-state index in [1.807, 2.05) is 13.8 Å². The Hall–Kier alpha value is -2.50. The number of nitrogen functional groups attached to an aromatic ring is 1. The molecule has 0 saturated carbocycles. The van der Waals surface area contributed by atoms with Crippen molar-refractivity contribution < 1.29 is 9.53 Å². The zero-order valence-electron chi connectivity index (χ0n) is 16.5. The maximum atomic E-state index is 12.8. The van der Waals surface area contributed by atoms with Crippen molar-refractivity contribution in [2.24, 2.45) is 0 Å². The Labute approximate surface area is 174 Å². The first kappa shape index (κ1) is 21.2. The second kappa shape index (κ2) is 8.47. The molecule has 3 N–H and O–H groups in total. The number of aryl methyl sites for hydroxylation is 3. The van der Waals surface area contributed by atoms with Crippen LogP contribution in [0.15, 0.2) is 14.6 Å². The smallest absolute Gasteiger partial charge is 0.330 e. The summed E-state index contributed by atoms with van der Waals surface area (Å²) in [6.45, 7) is 6.15. The van der Waals surface area contributed by atoms with Crippen LogP contribution in [-0.2, 0) is 11.3 Å². The molecule has 0 aliphatic heterocycles. The number of anilines is 1. The highest BCUT2D eigenvalue weighted by Crippen LogP contribution is 2.35. The van der Waals surface area contributed by atoms with Gasteiger partial charge in [0.15, 0.2) is 5.78 Å². The number of nitrogens with two attached hydrogens (primary N) is 1. The van der Waals surface area contributed by atoms with Gasteiger partial charge in [0.2, 0.25) is 0 Å². The van der Waals surface area contributed by atoms with E-state index in [1.165, 1.54) is 18.9 Å². The standard InChI is InChI=1S/C18H21N5O4S2/c1-8-9(2)29-17-12(8)16(20-10(3)21-17)28-7-11(24)13-14(19)23(5-6-27-4)18(26)22-15(13)25/h5-7,19H2,1-4H3,(H,22,25,26). The first-order valence-electron chi connectivity index (χ1n) is 8.76. The van der Waals surface area contributed by atoms with Crippen molar-refractivity contribution in [3.05, 3.63) is 42.7 Å². The molecule has 0 amide bonds. The molecule has 3 rings (SSSR count). The molecule has 0 aromatic carbocycles. The van der Waals surface area contributed by atoms with Gasteiger partial charge in [-0.05, 0) is 26.3 Å². The molecule has 0 aliphatic rings. The third-order valence-corrected chi connectivity index (χ3v) is 6.56. The first-order chi connectivity index (χ1) is 13.7. The number of carbonyl (C=O) groups excluding carboxylic acids is 1. The number of aromatic amines is 1. The Morgan fingerprint density at radius 1 is 1.28 bits per heavy atom. The summed E-state index contributed by atoms with van der Waals surface area (Å²) in [6.07, 6.45) is 0. The molecule has 11 heteroatoms. The number of aromatic nitrogens is 4. The van der Waals surface area contributed by atoms with Crippen LogP contribution in [0.2, 0.25) is 0 Å². The number of rotatable bonds is 7. The number of nitrogens with zero attached hydrogens (tertiary/aromatic N) is 3. The summed E-state index contributed by atoms with van der Waals surface area (Å²) in [4.78, 5) is 50.1. The van der Waals surface area contributed by atoms with E-state index in [0.717, 1.165) is 25.2 Å². The van der Waals surface area contributed by atoms with Crippen molar-refractivity contribution in [3.63, 3.8) is 0 Å². The summed E-state index contributed by atoms with van der Waals surface area (Å²) >= 11 is 2.80. The fraction of sp³-hybridized carbons (Fsp3) is 0.389. The predicted molar refractivity (Wildman–Crippen MR) is 114 cm³/mol. The van der Waals surface area contributed by atoms with Gasteiger partial charge in [0.05, 0.1) is 18.9 Å². The SMILES string of the molecule is COCCn1c(N)c(C(=O)CSc2nc(C)nc3sc(C)c(C)c23)c(=O)[nH]c1=O. The summed E-state index contributed by atoms with van der Waals surface area (Å²) in [7, 11) is 1.48. The van der Waals surface area contributed by atoms with Gasteiger partial charge >= 0.3 is 5.69 Å². The maximum absolute atomic E-state index is 12.8. The molecule has 0 atom stereocenters. The number of thioether (sulfide) groups is 1. The van der Waals surface area contributed by atoms with Gasteiger partial charge in [-0.15, -0.1) is 11.3 Å². The lowest BCUT2D eigenvalue weighted by Crippen LogP contribution is -2.37. The molecule has 29 heavy (non-hydrogen) atoms. The van der Waals surface area contributed by atoms with Crippen LogP contribution in [0.4, 0.5) is 5.82 Å². The van der Waals surface area contributed by atoms with Gasteiger partial charge in [-0.1, -0.05) is 11.8 Å². The Morgan fingerprint density at radius 2 is 2.00 bits per heavy atom. The van der Waals surface area contributed by atoms with Crippen molar-refractivity contribution in [3.8, 4) is 0 Å². The topological polar surface area (TPSA) is 133 Å². The molecular weight excluding hydrogens is 414 g/mol. The average Bonchev–Trinajstić information content (AvgIpc) is 2.93. The lowest BCUT2D eigenvalue weighted by Gasteiger charge is -2.11. The van der Waals surface area contributed by atoms with Crippen molar-refractivity contribution >= 4 is 44.9 Å². The van der Waals surface area contributed by atoms with Crippen molar-refractivity contribution in [2.45, 2.75) is 32.3 Å². The zero-order chi connectivity index (χ0) is 21.3. The molecule has 154 valence electrons. The number of methoxy groups -OCH3 is 1. The van der Waals surface area contributed by atoms with E-state index >= 15 is 0 Å².